The van der Waals surface area contributed by atoms with Crippen LogP contribution in [0.1, 0.15) is 6.92 Å². The highest BCUT2D eigenvalue weighted by Gasteiger charge is 2.41. The summed E-state index contributed by atoms with van der Waals surface area (Å²) in [5.74, 6) is 0. The van der Waals surface area contributed by atoms with Crippen molar-refractivity contribution in [3.8, 4) is 0 Å². The van der Waals surface area contributed by atoms with Crippen molar-refractivity contribution in [3.05, 3.63) is 10.4 Å². The number of aliphatic hydroxyl groups is 3. The number of hydrogen-bond acceptors (Lipinski definition) is 5. The molecule has 5 atom stereocenters. The number of ether oxygens (including phenoxy) is 1. The fourth-order valence-corrected chi connectivity index (χ4v) is 1.23. The fraction of sp³-hybridized carbons (Fsp3) is 1.00. The van der Waals surface area contributed by atoms with Crippen LogP contribution in [0.5, 0.6) is 0 Å². The normalized spacial score (nSPS) is 45.4. The summed E-state index contributed by atoms with van der Waals surface area (Å²) in [6.07, 6.45) is -4.58. The van der Waals surface area contributed by atoms with Crippen LogP contribution >= 0.6 is 0 Å². The van der Waals surface area contributed by atoms with E-state index in [0.717, 1.165) is 0 Å². The molecular weight excluding hydrogens is 178 g/mol. The molecule has 1 fully saturated rings. The van der Waals surface area contributed by atoms with Crippen LogP contribution in [-0.2, 0) is 4.74 Å². The van der Waals surface area contributed by atoms with Gasteiger partial charge in [-0.1, -0.05) is 5.11 Å². The van der Waals surface area contributed by atoms with E-state index < -0.39 is 30.6 Å². The maximum absolute atomic E-state index is 9.40. The predicted octanol–water partition coefficient (Wildman–Crippen LogP) is -0.876. The van der Waals surface area contributed by atoms with Gasteiger partial charge in [-0.3, -0.25) is 0 Å². The predicted molar refractivity (Wildman–Crippen MR) is 41.5 cm³/mol. The zero-order valence-electron chi connectivity index (χ0n) is 6.98. The molecule has 0 saturated carbocycles. The minimum Gasteiger partial charge on any atom is -0.390 e. The molecule has 0 aromatic heterocycles. The third-order valence-corrected chi connectivity index (χ3v) is 2.01. The third-order valence-electron chi connectivity index (χ3n) is 2.01. The highest BCUT2D eigenvalue weighted by molar-refractivity contribution is 4.92. The third kappa shape index (κ3) is 1.90. The summed E-state index contributed by atoms with van der Waals surface area (Å²) in [7, 11) is 0. The van der Waals surface area contributed by atoms with Gasteiger partial charge in [-0.15, -0.1) is 0 Å². The van der Waals surface area contributed by atoms with Gasteiger partial charge in [-0.05, 0) is 12.5 Å². The molecule has 1 aliphatic rings. The summed E-state index contributed by atoms with van der Waals surface area (Å²) >= 11 is 0. The summed E-state index contributed by atoms with van der Waals surface area (Å²) in [6.45, 7) is 1.51. The first kappa shape index (κ1) is 10.2. The van der Waals surface area contributed by atoms with E-state index in [-0.39, 0.29) is 0 Å². The van der Waals surface area contributed by atoms with Crippen molar-refractivity contribution in [1.82, 2.24) is 0 Å². The lowest BCUT2D eigenvalue weighted by Gasteiger charge is -2.37. The molecule has 7 nitrogen and oxygen atoms in total. The van der Waals surface area contributed by atoms with E-state index in [1.807, 2.05) is 0 Å². The Labute approximate surface area is 74.2 Å². The molecule has 1 aliphatic heterocycles. The maximum Gasteiger partial charge on any atom is 0.181 e. The van der Waals surface area contributed by atoms with Gasteiger partial charge < -0.3 is 20.1 Å². The molecule has 0 aromatic carbocycles. The number of aliphatic hydroxyl groups excluding tert-OH is 3. The molecule has 1 rings (SSSR count). The Morgan fingerprint density at radius 1 is 1.31 bits per heavy atom. The van der Waals surface area contributed by atoms with Gasteiger partial charge in [0, 0.05) is 4.91 Å². The molecule has 3 N–H and O–H groups in total. The van der Waals surface area contributed by atoms with Crippen molar-refractivity contribution >= 4 is 0 Å². The molecule has 0 radical (unpaired) electrons. The molecule has 0 aliphatic carbocycles. The van der Waals surface area contributed by atoms with Crippen molar-refractivity contribution in [2.24, 2.45) is 5.11 Å². The standard InChI is InChI=1S/C6H11N3O4/c1-2-4(10)3(8-9-7)5(11)6(12)13-2/h2-6,10-12H,1H3/t2-,3+,4?,5?,6?/m1/s1. The number of hydrogen-bond donors (Lipinski definition) is 3. The second-order valence-corrected chi connectivity index (χ2v) is 2.91. The first-order valence-electron chi connectivity index (χ1n) is 3.81. The largest absolute Gasteiger partial charge is 0.390 e. The zero-order chi connectivity index (χ0) is 10.0. The minimum absolute atomic E-state index is 0.672. The van der Waals surface area contributed by atoms with Gasteiger partial charge in [0.2, 0.25) is 0 Å². The van der Waals surface area contributed by atoms with Crippen LogP contribution in [-0.4, -0.2) is 46.0 Å². The molecule has 0 bridgehead atoms. The van der Waals surface area contributed by atoms with E-state index in [1.165, 1.54) is 6.92 Å². The van der Waals surface area contributed by atoms with Crippen molar-refractivity contribution in [1.29, 1.82) is 0 Å². The summed E-state index contributed by atoms with van der Waals surface area (Å²) in [6, 6.07) is -1.07. The van der Waals surface area contributed by atoms with Crippen LogP contribution < -0.4 is 0 Å². The van der Waals surface area contributed by atoms with Crippen molar-refractivity contribution in [3.63, 3.8) is 0 Å². The Kier molecular flexibility index (Phi) is 3.07. The molecule has 74 valence electrons. The van der Waals surface area contributed by atoms with Gasteiger partial charge >= 0.3 is 0 Å². The second-order valence-electron chi connectivity index (χ2n) is 2.91. The Hall–Kier alpha value is -0.850. The quantitative estimate of drug-likeness (QED) is 0.282. The highest BCUT2D eigenvalue weighted by Crippen LogP contribution is 2.21. The first-order valence-corrected chi connectivity index (χ1v) is 3.81. The average Bonchev–Trinajstić information content (AvgIpc) is 2.09. The van der Waals surface area contributed by atoms with Gasteiger partial charge in [0.1, 0.15) is 6.10 Å². The van der Waals surface area contributed by atoms with Crippen LogP contribution in [0.15, 0.2) is 5.11 Å². The Morgan fingerprint density at radius 2 is 1.92 bits per heavy atom. The molecule has 1 saturated heterocycles. The van der Waals surface area contributed by atoms with E-state index >= 15 is 0 Å². The lowest BCUT2D eigenvalue weighted by Crippen LogP contribution is -2.55. The second kappa shape index (κ2) is 3.91. The molecule has 0 amide bonds. The van der Waals surface area contributed by atoms with Gasteiger partial charge in [0.05, 0.1) is 18.2 Å². The van der Waals surface area contributed by atoms with E-state index in [0.29, 0.717) is 0 Å². The van der Waals surface area contributed by atoms with Gasteiger partial charge in [0.25, 0.3) is 0 Å². The van der Waals surface area contributed by atoms with Gasteiger partial charge in [-0.25, -0.2) is 0 Å². The molecule has 1 heterocycles. The summed E-state index contributed by atoms with van der Waals surface area (Å²) in [5.41, 5.74) is 8.14. The number of nitrogens with zero attached hydrogens (tertiary/aromatic N) is 3. The van der Waals surface area contributed by atoms with Gasteiger partial charge in [-0.2, -0.15) is 0 Å². The molecular formula is C6H11N3O4. The summed E-state index contributed by atoms with van der Waals surface area (Å²) < 4.78 is 4.76. The zero-order valence-corrected chi connectivity index (χ0v) is 6.98. The van der Waals surface area contributed by atoms with E-state index in [9.17, 15) is 10.2 Å². The average molecular weight is 189 g/mol. The van der Waals surface area contributed by atoms with Crippen molar-refractivity contribution in [2.45, 2.75) is 37.6 Å². The SMILES string of the molecule is C[C@H]1OC(O)C(O)[C@@H](N=[N+]=[N-])C1O. The van der Waals surface area contributed by atoms with Crippen LogP contribution in [0, 0.1) is 0 Å². The Bertz CT molecular complexity index is 216. The first-order chi connectivity index (χ1) is 6.07. The Morgan fingerprint density at radius 3 is 2.46 bits per heavy atom. The van der Waals surface area contributed by atoms with Crippen LogP contribution in [0.3, 0.4) is 0 Å². The lowest BCUT2D eigenvalue weighted by atomic mass is 9.98. The molecule has 0 aromatic rings. The minimum atomic E-state index is -1.42. The van der Waals surface area contributed by atoms with E-state index in [1.54, 1.807) is 0 Å². The monoisotopic (exact) mass is 189 g/mol. The summed E-state index contributed by atoms with van der Waals surface area (Å²) in [4.78, 5) is 2.47. The summed E-state index contributed by atoms with van der Waals surface area (Å²) in [5, 5.41) is 30.9. The van der Waals surface area contributed by atoms with E-state index in [2.05, 4.69) is 10.0 Å². The van der Waals surface area contributed by atoms with Gasteiger partial charge in [0.15, 0.2) is 6.29 Å². The molecule has 13 heavy (non-hydrogen) atoms. The number of rotatable bonds is 1. The maximum atomic E-state index is 9.40. The Balaban J connectivity index is 2.81. The van der Waals surface area contributed by atoms with Crippen molar-refractivity contribution < 1.29 is 20.1 Å². The highest BCUT2D eigenvalue weighted by atomic mass is 16.6. The smallest absolute Gasteiger partial charge is 0.181 e. The number of azide groups is 1. The topological polar surface area (TPSA) is 119 Å². The molecule has 0 spiro atoms. The lowest BCUT2D eigenvalue weighted by molar-refractivity contribution is -0.247. The molecule has 7 heteroatoms. The molecule has 3 unspecified atom stereocenters. The van der Waals surface area contributed by atoms with E-state index in [4.69, 9.17) is 15.4 Å². The van der Waals surface area contributed by atoms with Crippen molar-refractivity contribution in [2.75, 3.05) is 0 Å². The van der Waals surface area contributed by atoms with Crippen LogP contribution in [0.25, 0.3) is 10.4 Å². The fourth-order valence-electron chi connectivity index (χ4n) is 1.23. The van der Waals surface area contributed by atoms with Crippen LogP contribution in [0.4, 0.5) is 0 Å². The van der Waals surface area contributed by atoms with Crippen LogP contribution in [0.2, 0.25) is 0 Å².